The fraction of sp³-hybridized carbons (Fsp3) is 0.316. The zero-order valence-electron chi connectivity index (χ0n) is 28.3. The first kappa shape index (κ1) is 36.0. The van der Waals surface area contributed by atoms with Gasteiger partial charge in [0, 0.05) is 19.0 Å². The molecule has 0 bridgehead atoms. The van der Waals surface area contributed by atoms with Crippen molar-refractivity contribution in [3.8, 4) is 11.5 Å². The van der Waals surface area contributed by atoms with Gasteiger partial charge in [-0.2, -0.15) is 0 Å². The SMILES string of the molecule is CCOc1ccc(N(CC(=O)N(Cc2cccc(OC)c2)[C@H](Cc2ccccc2)C(=O)N[C@H](C)CC)S(=O)(=O)c2ccc(C)cc2)cc1. The second-order valence-electron chi connectivity index (χ2n) is 11.6. The molecule has 4 aromatic rings. The van der Waals surface area contributed by atoms with Crippen LogP contribution in [0.15, 0.2) is 108 Å². The standard InChI is InChI=1S/C38H45N3O6S/c1-6-29(4)39-38(43)36(25-30-12-9-8-10-13-30)40(26-31-14-11-15-34(24-31)46-5)37(42)27-41(32-18-20-33(21-19-32)47-7-2)48(44,45)35-22-16-28(3)17-23-35/h8-24,29,36H,6-7,25-27H2,1-5H3,(H,39,43)/t29-,36-/m1/s1. The number of anilines is 1. The molecule has 0 fully saturated rings. The van der Waals surface area contributed by atoms with Gasteiger partial charge in [0.1, 0.15) is 24.1 Å². The fourth-order valence-electron chi connectivity index (χ4n) is 5.20. The number of rotatable bonds is 16. The van der Waals surface area contributed by atoms with Crippen LogP contribution in [0.2, 0.25) is 0 Å². The van der Waals surface area contributed by atoms with Gasteiger partial charge in [0.15, 0.2) is 0 Å². The average molecular weight is 672 g/mol. The molecule has 254 valence electrons. The van der Waals surface area contributed by atoms with Crippen molar-refractivity contribution in [2.24, 2.45) is 0 Å². The number of carbonyl (C=O) groups excluding carboxylic acids is 2. The Hall–Kier alpha value is -4.83. The smallest absolute Gasteiger partial charge is 0.264 e. The summed E-state index contributed by atoms with van der Waals surface area (Å²) < 4.78 is 40.6. The van der Waals surface area contributed by atoms with Crippen LogP contribution in [-0.4, -0.2) is 57.5 Å². The Morgan fingerprint density at radius 2 is 1.50 bits per heavy atom. The van der Waals surface area contributed by atoms with Crippen molar-refractivity contribution in [3.63, 3.8) is 0 Å². The molecule has 0 heterocycles. The lowest BCUT2D eigenvalue weighted by molar-refractivity contribution is -0.140. The topological polar surface area (TPSA) is 105 Å². The maximum atomic E-state index is 14.7. The molecule has 4 aromatic carbocycles. The lowest BCUT2D eigenvalue weighted by Crippen LogP contribution is -2.54. The number of nitrogens with one attached hydrogen (secondary N) is 1. The molecule has 0 aromatic heterocycles. The molecule has 0 aliphatic carbocycles. The molecule has 9 nitrogen and oxygen atoms in total. The summed E-state index contributed by atoms with van der Waals surface area (Å²) in [5.41, 5.74) is 2.78. The number of amides is 2. The fourth-order valence-corrected chi connectivity index (χ4v) is 6.62. The van der Waals surface area contributed by atoms with E-state index >= 15 is 0 Å². The predicted octanol–water partition coefficient (Wildman–Crippen LogP) is 6.15. The molecule has 10 heteroatoms. The normalized spacial score (nSPS) is 12.4. The molecule has 0 unspecified atom stereocenters. The average Bonchev–Trinajstić information content (AvgIpc) is 3.09. The number of hydrogen-bond donors (Lipinski definition) is 1. The van der Waals surface area contributed by atoms with Crippen molar-refractivity contribution in [1.82, 2.24) is 10.2 Å². The summed E-state index contributed by atoms with van der Waals surface area (Å²) in [6.07, 6.45) is 0.931. The van der Waals surface area contributed by atoms with E-state index in [1.807, 2.05) is 70.2 Å². The van der Waals surface area contributed by atoms with Crippen molar-refractivity contribution >= 4 is 27.5 Å². The molecule has 0 radical (unpaired) electrons. The highest BCUT2D eigenvalue weighted by Crippen LogP contribution is 2.27. The van der Waals surface area contributed by atoms with Crippen molar-refractivity contribution < 1.29 is 27.5 Å². The summed E-state index contributed by atoms with van der Waals surface area (Å²) in [6.45, 7) is 7.57. The Kier molecular flexibility index (Phi) is 12.6. The summed E-state index contributed by atoms with van der Waals surface area (Å²) in [6, 6.07) is 28.8. The van der Waals surface area contributed by atoms with Crippen molar-refractivity contribution in [2.45, 2.75) is 64.1 Å². The molecule has 2 amide bonds. The van der Waals surface area contributed by atoms with E-state index in [2.05, 4.69) is 5.32 Å². The van der Waals surface area contributed by atoms with Gasteiger partial charge in [-0.05, 0) is 86.8 Å². The van der Waals surface area contributed by atoms with Crippen LogP contribution < -0.4 is 19.1 Å². The highest BCUT2D eigenvalue weighted by atomic mass is 32.2. The largest absolute Gasteiger partial charge is 0.497 e. The monoisotopic (exact) mass is 671 g/mol. The summed E-state index contributed by atoms with van der Waals surface area (Å²) in [7, 11) is -2.65. The third-order valence-corrected chi connectivity index (χ3v) is 9.87. The van der Waals surface area contributed by atoms with E-state index in [0.717, 1.165) is 21.0 Å². The van der Waals surface area contributed by atoms with Crippen LogP contribution in [0.3, 0.4) is 0 Å². The lowest BCUT2D eigenvalue weighted by atomic mass is 10.0. The van der Waals surface area contributed by atoms with E-state index in [0.29, 0.717) is 24.5 Å². The van der Waals surface area contributed by atoms with E-state index in [9.17, 15) is 18.0 Å². The molecular weight excluding hydrogens is 627 g/mol. The molecule has 48 heavy (non-hydrogen) atoms. The molecule has 4 rings (SSSR count). The Labute approximate surface area is 284 Å². The summed E-state index contributed by atoms with van der Waals surface area (Å²) in [5, 5.41) is 3.05. The Balaban J connectivity index is 1.82. The second kappa shape index (κ2) is 16.8. The van der Waals surface area contributed by atoms with Crippen LogP contribution in [0.4, 0.5) is 5.69 Å². The number of benzene rings is 4. The van der Waals surface area contributed by atoms with Gasteiger partial charge in [0.2, 0.25) is 11.8 Å². The zero-order valence-corrected chi connectivity index (χ0v) is 29.1. The highest BCUT2D eigenvalue weighted by molar-refractivity contribution is 7.92. The summed E-state index contributed by atoms with van der Waals surface area (Å²) in [5.74, 6) is 0.312. The summed E-state index contributed by atoms with van der Waals surface area (Å²) in [4.78, 5) is 30.2. The molecule has 2 atom stereocenters. The van der Waals surface area contributed by atoms with E-state index in [4.69, 9.17) is 9.47 Å². The first-order valence-corrected chi connectivity index (χ1v) is 17.6. The molecule has 1 N–H and O–H groups in total. The van der Waals surface area contributed by atoms with E-state index in [-0.39, 0.29) is 35.5 Å². The minimum atomic E-state index is -4.21. The number of aryl methyl sites for hydroxylation is 1. The number of ether oxygens (including phenoxy) is 2. The van der Waals surface area contributed by atoms with E-state index < -0.39 is 28.5 Å². The van der Waals surface area contributed by atoms with Gasteiger partial charge in [-0.1, -0.05) is 67.1 Å². The number of hydrogen-bond acceptors (Lipinski definition) is 6. The lowest BCUT2D eigenvalue weighted by Gasteiger charge is -2.34. The van der Waals surface area contributed by atoms with Crippen molar-refractivity contribution in [1.29, 1.82) is 0 Å². The number of carbonyl (C=O) groups is 2. The van der Waals surface area contributed by atoms with Gasteiger partial charge >= 0.3 is 0 Å². The zero-order chi connectivity index (χ0) is 34.7. The molecule has 0 saturated carbocycles. The van der Waals surface area contributed by atoms with Crippen molar-refractivity contribution in [2.75, 3.05) is 24.6 Å². The minimum absolute atomic E-state index is 0.0448. The van der Waals surface area contributed by atoms with Crippen LogP contribution in [-0.2, 0) is 32.6 Å². The maximum Gasteiger partial charge on any atom is 0.264 e. The number of sulfonamides is 1. The van der Waals surface area contributed by atoms with Crippen LogP contribution in [0.25, 0.3) is 0 Å². The van der Waals surface area contributed by atoms with Gasteiger partial charge in [-0.15, -0.1) is 0 Å². The van der Waals surface area contributed by atoms with E-state index in [1.54, 1.807) is 55.6 Å². The molecule has 0 aliphatic rings. The Bertz CT molecular complexity index is 1750. The van der Waals surface area contributed by atoms with E-state index in [1.165, 1.54) is 17.0 Å². The van der Waals surface area contributed by atoms with Crippen LogP contribution in [0.1, 0.15) is 43.9 Å². The summed E-state index contributed by atoms with van der Waals surface area (Å²) >= 11 is 0. The second-order valence-corrected chi connectivity index (χ2v) is 13.5. The highest BCUT2D eigenvalue weighted by Gasteiger charge is 2.35. The van der Waals surface area contributed by atoms with Crippen LogP contribution >= 0.6 is 0 Å². The third-order valence-electron chi connectivity index (χ3n) is 8.08. The minimum Gasteiger partial charge on any atom is -0.497 e. The van der Waals surface area contributed by atoms with Gasteiger partial charge in [0.05, 0.1) is 24.3 Å². The third kappa shape index (κ3) is 9.38. The molecular formula is C38H45N3O6S. The Morgan fingerprint density at radius 1 is 0.833 bits per heavy atom. The van der Waals surface area contributed by atoms with Gasteiger partial charge in [0.25, 0.3) is 10.0 Å². The van der Waals surface area contributed by atoms with Gasteiger partial charge in [-0.3, -0.25) is 13.9 Å². The predicted molar refractivity (Wildman–Crippen MR) is 189 cm³/mol. The Morgan fingerprint density at radius 3 is 2.12 bits per heavy atom. The maximum absolute atomic E-state index is 14.7. The van der Waals surface area contributed by atoms with Crippen molar-refractivity contribution in [3.05, 3.63) is 120 Å². The first-order valence-electron chi connectivity index (χ1n) is 16.1. The quantitative estimate of drug-likeness (QED) is 0.153. The van der Waals surface area contributed by atoms with Crippen LogP contribution in [0, 0.1) is 6.92 Å². The first-order chi connectivity index (χ1) is 23.0. The molecule has 0 aliphatic heterocycles. The van der Waals surface area contributed by atoms with Gasteiger partial charge < -0.3 is 19.7 Å². The van der Waals surface area contributed by atoms with Gasteiger partial charge in [-0.25, -0.2) is 8.42 Å². The molecule has 0 saturated heterocycles. The number of methoxy groups -OCH3 is 1. The molecule has 0 spiro atoms. The number of nitrogens with zero attached hydrogens (tertiary/aromatic N) is 2. The van der Waals surface area contributed by atoms with Crippen LogP contribution in [0.5, 0.6) is 11.5 Å².